The highest BCUT2D eigenvalue weighted by molar-refractivity contribution is 6.06. The van der Waals surface area contributed by atoms with Crippen LogP contribution in [0.2, 0.25) is 0 Å². The first-order valence-electron chi connectivity index (χ1n) is 12.1. The largest absolute Gasteiger partial charge is 0.444 e. The van der Waals surface area contributed by atoms with Crippen LogP contribution < -0.4 is 20.0 Å². The third-order valence-electron chi connectivity index (χ3n) is 7.15. The number of carbonyl (C=O) groups is 1. The molecular formula is C25H25F3N6O2. The number of aromatic nitrogens is 2. The number of nitrogens with zero attached hydrogens (tertiary/aromatic N) is 5. The summed E-state index contributed by atoms with van der Waals surface area (Å²) >= 11 is 0. The molecule has 2 saturated heterocycles. The van der Waals surface area contributed by atoms with E-state index in [4.69, 9.17) is 9.40 Å². The van der Waals surface area contributed by atoms with E-state index in [-0.39, 0.29) is 25.2 Å². The van der Waals surface area contributed by atoms with Gasteiger partial charge in [0.05, 0.1) is 17.8 Å². The fourth-order valence-corrected chi connectivity index (χ4v) is 5.42. The Balaban J connectivity index is 1.28. The molecule has 2 unspecified atom stereocenters. The highest BCUT2D eigenvalue weighted by Gasteiger charge is 2.45. The van der Waals surface area contributed by atoms with Crippen molar-refractivity contribution in [3.8, 4) is 11.3 Å². The quantitative estimate of drug-likeness (QED) is 0.514. The molecule has 2 amide bonds. The monoisotopic (exact) mass is 498 g/mol. The summed E-state index contributed by atoms with van der Waals surface area (Å²) in [5, 5.41) is 2.96. The van der Waals surface area contributed by atoms with Crippen LogP contribution in [0.3, 0.4) is 0 Å². The Kier molecular flexibility index (Phi) is 5.50. The normalized spacial score (nSPS) is 21.5. The summed E-state index contributed by atoms with van der Waals surface area (Å²) in [5.41, 5.74) is 2.20. The maximum atomic E-state index is 13.5. The highest BCUT2D eigenvalue weighted by Crippen LogP contribution is 2.44. The molecule has 3 aromatic rings. The van der Waals surface area contributed by atoms with Gasteiger partial charge < -0.3 is 19.5 Å². The first kappa shape index (κ1) is 22.7. The molecule has 6 rings (SSSR count). The van der Waals surface area contributed by atoms with Crippen LogP contribution in [0.25, 0.3) is 11.3 Å². The first-order chi connectivity index (χ1) is 17.4. The lowest BCUT2D eigenvalue weighted by Gasteiger charge is -2.34. The molecule has 11 heteroatoms. The third-order valence-corrected chi connectivity index (χ3v) is 7.15. The van der Waals surface area contributed by atoms with Crippen molar-refractivity contribution < 1.29 is 22.4 Å². The number of carbonyl (C=O) groups excluding carboxylic acids is 1. The van der Waals surface area contributed by atoms with E-state index in [1.165, 1.54) is 6.39 Å². The van der Waals surface area contributed by atoms with E-state index < -0.39 is 12.1 Å². The predicted molar refractivity (Wildman–Crippen MR) is 129 cm³/mol. The number of alkyl halides is 3. The Labute approximate surface area is 205 Å². The topological polar surface area (TPSA) is 77.7 Å². The van der Waals surface area contributed by atoms with Gasteiger partial charge in [-0.2, -0.15) is 13.2 Å². The molecule has 3 aliphatic heterocycles. The number of rotatable bonds is 3. The van der Waals surface area contributed by atoms with Crippen molar-refractivity contribution in [2.24, 2.45) is 5.92 Å². The van der Waals surface area contributed by atoms with Crippen molar-refractivity contribution in [1.29, 1.82) is 0 Å². The van der Waals surface area contributed by atoms with Crippen LogP contribution in [0.1, 0.15) is 25.7 Å². The summed E-state index contributed by atoms with van der Waals surface area (Å²) in [5.74, 6) is 0.161. The van der Waals surface area contributed by atoms with Gasteiger partial charge in [0.15, 0.2) is 18.0 Å². The minimum absolute atomic E-state index is 0.122. The van der Waals surface area contributed by atoms with Crippen molar-refractivity contribution in [1.82, 2.24) is 9.97 Å². The third kappa shape index (κ3) is 4.02. The molecule has 3 aliphatic rings. The van der Waals surface area contributed by atoms with Gasteiger partial charge in [0.1, 0.15) is 12.0 Å². The van der Waals surface area contributed by atoms with Crippen LogP contribution in [0.4, 0.5) is 41.0 Å². The summed E-state index contributed by atoms with van der Waals surface area (Å²) in [6.07, 6.45) is 0.843. The average molecular weight is 499 g/mol. The van der Waals surface area contributed by atoms with Gasteiger partial charge in [0.2, 0.25) is 0 Å². The van der Waals surface area contributed by atoms with Crippen LogP contribution in [0, 0.1) is 5.92 Å². The first-order valence-corrected chi connectivity index (χ1v) is 12.1. The number of fused-ring (bicyclic) bond motifs is 3. The van der Waals surface area contributed by atoms with Gasteiger partial charge in [-0.25, -0.2) is 14.8 Å². The minimum Gasteiger partial charge on any atom is -0.444 e. The number of hydrogen-bond acceptors (Lipinski definition) is 6. The fraction of sp³-hybridized carbons (Fsp3) is 0.400. The zero-order valence-electron chi connectivity index (χ0n) is 19.4. The van der Waals surface area contributed by atoms with E-state index in [9.17, 15) is 18.0 Å². The van der Waals surface area contributed by atoms with Crippen LogP contribution in [-0.4, -0.2) is 48.0 Å². The molecule has 0 bridgehead atoms. The standard InChI is InChI=1S/C25H25F3N6O2/c26-25(27,28)17-5-2-10-32(14-17)21-9-8-19-23(31-21)34(22-7-3-11-33(19)22)24(35)30-18-6-1-4-16(12-18)20-13-29-15-36-20/h1,4,6,8-9,12-13,15,17,22H,2-3,5,7,10-11,14H2,(H,30,35). The molecule has 188 valence electrons. The van der Waals surface area contributed by atoms with Gasteiger partial charge in [-0.3, -0.25) is 4.90 Å². The van der Waals surface area contributed by atoms with E-state index in [0.717, 1.165) is 30.6 Å². The van der Waals surface area contributed by atoms with Gasteiger partial charge >= 0.3 is 12.2 Å². The molecule has 8 nitrogen and oxygen atoms in total. The van der Waals surface area contributed by atoms with Crippen LogP contribution in [0.15, 0.2) is 53.4 Å². The van der Waals surface area contributed by atoms with Crippen molar-refractivity contribution in [3.63, 3.8) is 0 Å². The van der Waals surface area contributed by atoms with Crippen molar-refractivity contribution >= 4 is 29.0 Å². The molecule has 5 heterocycles. The second kappa shape index (κ2) is 8.72. The lowest BCUT2D eigenvalue weighted by atomic mass is 9.97. The smallest absolute Gasteiger partial charge is 0.393 e. The summed E-state index contributed by atoms with van der Waals surface area (Å²) < 4.78 is 45.5. The number of nitrogens with one attached hydrogen (secondary N) is 1. The van der Waals surface area contributed by atoms with Gasteiger partial charge in [-0.05, 0) is 49.9 Å². The molecule has 1 N–H and O–H groups in total. The number of urea groups is 1. The average Bonchev–Trinajstić information content (AvgIpc) is 3.61. The molecule has 2 aromatic heterocycles. The van der Waals surface area contributed by atoms with Crippen molar-refractivity contribution in [2.75, 3.05) is 39.7 Å². The zero-order chi connectivity index (χ0) is 24.9. The maximum absolute atomic E-state index is 13.5. The summed E-state index contributed by atoms with van der Waals surface area (Å²) in [6.45, 7) is 1.18. The Hall–Kier alpha value is -3.76. The summed E-state index contributed by atoms with van der Waals surface area (Å²) in [4.78, 5) is 27.7. The number of benzene rings is 1. The van der Waals surface area contributed by atoms with Crippen LogP contribution in [-0.2, 0) is 0 Å². The fourth-order valence-electron chi connectivity index (χ4n) is 5.42. The highest BCUT2D eigenvalue weighted by atomic mass is 19.4. The number of amides is 2. The molecule has 0 aliphatic carbocycles. The predicted octanol–water partition coefficient (Wildman–Crippen LogP) is 5.49. The number of pyridine rings is 1. The molecule has 2 fully saturated rings. The van der Waals surface area contributed by atoms with Crippen molar-refractivity contribution in [3.05, 3.63) is 49.0 Å². The molecule has 0 radical (unpaired) electrons. The van der Waals surface area contributed by atoms with E-state index in [0.29, 0.717) is 36.0 Å². The Morgan fingerprint density at radius 2 is 1.97 bits per heavy atom. The lowest BCUT2D eigenvalue weighted by molar-refractivity contribution is -0.176. The second-order valence-electron chi connectivity index (χ2n) is 9.40. The number of halogens is 3. The molecule has 0 saturated carbocycles. The Morgan fingerprint density at radius 3 is 2.78 bits per heavy atom. The minimum atomic E-state index is -4.23. The van der Waals surface area contributed by atoms with Crippen LogP contribution >= 0.6 is 0 Å². The summed E-state index contributed by atoms with van der Waals surface area (Å²) in [6, 6.07) is 10.6. The number of anilines is 4. The van der Waals surface area contributed by atoms with Gasteiger partial charge in [-0.15, -0.1) is 0 Å². The van der Waals surface area contributed by atoms with Gasteiger partial charge in [0, 0.05) is 30.9 Å². The number of hydrogen-bond donors (Lipinski definition) is 1. The molecule has 1 aromatic carbocycles. The van der Waals surface area contributed by atoms with E-state index in [2.05, 4.69) is 15.2 Å². The van der Waals surface area contributed by atoms with E-state index >= 15 is 0 Å². The molecule has 0 spiro atoms. The van der Waals surface area contributed by atoms with Crippen LogP contribution in [0.5, 0.6) is 0 Å². The Bertz CT molecular complexity index is 1260. The maximum Gasteiger partial charge on any atom is 0.393 e. The lowest BCUT2D eigenvalue weighted by Crippen LogP contribution is -2.45. The molecule has 36 heavy (non-hydrogen) atoms. The molecular weight excluding hydrogens is 473 g/mol. The SMILES string of the molecule is O=C(Nc1cccc(-c2cnco2)c1)N1c2nc(N3CCCC(C(F)(F)F)C3)ccc2N2CCCC21. The van der Waals surface area contributed by atoms with Gasteiger partial charge in [-0.1, -0.05) is 12.1 Å². The summed E-state index contributed by atoms with van der Waals surface area (Å²) in [7, 11) is 0. The number of piperidine rings is 1. The zero-order valence-corrected chi connectivity index (χ0v) is 19.4. The second-order valence-corrected chi connectivity index (χ2v) is 9.40. The van der Waals surface area contributed by atoms with E-state index in [1.807, 2.05) is 18.2 Å². The Morgan fingerprint density at radius 1 is 1.11 bits per heavy atom. The number of oxazole rings is 1. The van der Waals surface area contributed by atoms with E-state index in [1.54, 1.807) is 34.2 Å². The van der Waals surface area contributed by atoms with Gasteiger partial charge in [0.25, 0.3) is 0 Å². The molecule has 2 atom stereocenters. The van der Waals surface area contributed by atoms with Crippen molar-refractivity contribution in [2.45, 2.75) is 38.0 Å².